The summed E-state index contributed by atoms with van der Waals surface area (Å²) in [7, 11) is 0. The predicted octanol–water partition coefficient (Wildman–Crippen LogP) is 2.94. The molecule has 2 aromatic rings. The van der Waals surface area contributed by atoms with E-state index in [0.717, 1.165) is 35.8 Å². The Hall–Kier alpha value is -1.82. The van der Waals surface area contributed by atoms with Crippen LogP contribution in [0.3, 0.4) is 0 Å². The molecule has 0 spiro atoms. The number of para-hydroxylation sites is 1. The van der Waals surface area contributed by atoms with Gasteiger partial charge in [-0.25, -0.2) is 0 Å². The van der Waals surface area contributed by atoms with E-state index < -0.39 is 0 Å². The van der Waals surface area contributed by atoms with E-state index >= 15 is 0 Å². The van der Waals surface area contributed by atoms with Crippen LogP contribution in [0.2, 0.25) is 0 Å². The number of benzene rings is 1. The van der Waals surface area contributed by atoms with Crippen molar-refractivity contribution in [1.29, 1.82) is 0 Å². The number of nitrogens with zero attached hydrogens (tertiary/aromatic N) is 1. The van der Waals surface area contributed by atoms with Crippen molar-refractivity contribution in [3.05, 3.63) is 34.5 Å². The maximum absolute atomic E-state index is 12.1. The fraction of sp³-hybridized carbons (Fsp3) is 0.375. The Morgan fingerprint density at radius 1 is 1.27 bits per heavy atom. The average molecular weight is 365 g/mol. The third-order valence-electron chi connectivity index (χ3n) is 3.80. The summed E-state index contributed by atoms with van der Waals surface area (Å²) in [6.07, 6.45) is 2.48. The second kappa shape index (κ2) is 6.52. The Balaban J connectivity index is 1.56. The van der Waals surface area contributed by atoms with Gasteiger partial charge in [0.1, 0.15) is 5.58 Å². The summed E-state index contributed by atoms with van der Waals surface area (Å²) in [5, 5.41) is 3.61. The van der Waals surface area contributed by atoms with Crippen molar-refractivity contribution in [2.45, 2.75) is 19.3 Å². The van der Waals surface area contributed by atoms with Crippen LogP contribution in [0.25, 0.3) is 11.0 Å². The van der Waals surface area contributed by atoms with E-state index in [-0.39, 0.29) is 17.6 Å². The molecule has 3 rings (SSSR count). The first kappa shape index (κ1) is 15.1. The van der Waals surface area contributed by atoms with Crippen molar-refractivity contribution in [3.8, 4) is 0 Å². The highest BCUT2D eigenvalue weighted by atomic mass is 79.9. The molecule has 0 saturated carbocycles. The van der Waals surface area contributed by atoms with Crippen LogP contribution in [0, 0.1) is 0 Å². The fourth-order valence-corrected chi connectivity index (χ4v) is 3.10. The van der Waals surface area contributed by atoms with Gasteiger partial charge in [0.2, 0.25) is 5.91 Å². The molecule has 0 atom stereocenters. The van der Waals surface area contributed by atoms with Crippen molar-refractivity contribution in [2.24, 2.45) is 0 Å². The van der Waals surface area contributed by atoms with E-state index in [2.05, 4.69) is 21.2 Å². The number of furan rings is 1. The zero-order valence-corrected chi connectivity index (χ0v) is 13.7. The summed E-state index contributed by atoms with van der Waals surface area (Å²) in [5.74, 6) is 0.0676. The number of rotatable bonds is 4. The molecule has 5 nitrogen and oxygen atoms in total. The monoisotopic (exact) mass is 364 g/mol. The van der Waals surface area contributed by atoms with E-state index in [0.29, 0.717) is 18.5 Å². The van der Waals surface area contributed by atoms with Gasteiger partial charge in [-0.15, -0.1) is 0 Å². The number of carbonyl (C=O) groups is 2. The zero-order valence-electron chi connectivity index (χ0n) is 12.1. The molecule has 6 heteroatoms. The molecule has 22 heavy (non-hydrogen) atoms. The van der Waals surface area contributed by atoms with Crippen molar-refractivity contribution in [1.82, 2.24) is 10.2 Å². The highest BCUT2D eigenvalue weighted by Crippen LogP contribution is 2.26. The predicted molar refractivity (Wildman–Crippen MR) is 86.7 cm³/mol. The summed E-state index contributed by atoms with van der Waals surface area (Å²) in [6, 6.07) is 7.34. The van der Waals surface area contributed by atoms with E-state index in [4.69, 9.17) is 4.42 Å². The van der Waals surface area contributed by atoms with Crippen molar-refractivity contribution in [2.75, 3.05) is 19.6 Å². The highest BCUT2D eigenvalue weighted by Gasteiger charge is 2.18. The molecule has 1 aliphatic heterocycles. The lowest BCUT2D eigenvalue weighted by molar-refractivity contribution is -0.129. The Bertz CT molecular complexity index is 704. The molecular formula is C16H17BrN2O3. The normalized spacial score (nSPS) is 14.5. The number of hydrogen-bond acceptors (Lipinski definition) is 3. The lowest BCUT2D eigenvalue weighted by Gasteiger charge is -2.14. The van der Waals surface area contributed by atoms with Crippen LogP contribution < -0.4 is 5.32 Å². The van der Waals surface area contributed by atoms with Crippen LogP contribution in [0.15, 0.2) is 33.2 Å². The fourth-order valence-electron chi connectivity index (χ4n) is 2.63. The average Bonchev–Trinajstić information content (AvgIpc) is 3.17. The first-order chi connectivity index (χ1) is 10.6. The van der Waals surface area contributed by atoms with Gasteiger partial charge in [-0.1, -0.05) is 12.1 Å². The van der Waals surface area contributed by atoms with E-state index in [1.165, 1.54) is 0 Å². The van der Waals surface area contributed by atoms with Gasteiger partial charge in [0.25, 0.3) is 5.91 Å². The van der Waals surface area contributed by atoms with E-state index in [9.17, 15) is 9.59 Å². The smallest absolute Gasteiger partial charge is 0.287 e. The summed E-state index contributed by atoms with van der Waals surface area (Å²) in [4.78, 5) is 25.8. The van der Waals surface area contributed by atoms with Crippen molar-refractivity contribution in [3.63, 3.8) is 0 Å². The third kappa shape index (κ3) is 3.16. The van der Waals surface area contributed by atoms with Crippen LogP contribution in [-0.4, -0.2) is 36.3 Å². The second-order valence-corrected chi connectivity index (χ2v) is 6.22. The topological polar surface area (TPSA) is 62.6 Å². The molecule has 1 aromatic heterocycles. The molecule has 2 heterocycles. The first-order valence-electron chi connectivity index (χ1n) is 7.39. The molecular weight excluding hydrogens is 348 g/mol. The van der Waals surface area contributed by atoms with Gasteiger partial charge in [0.05, 0.1) is 4.47 Å². The molecule has 0 radical (unpaired) electrons. The summed E-state index contributed by atoms with van der Waals surface area (Å²) >= 11 is 3.39. The van der Waals surface area contributed by atoms with Crippen LogP contribution in [0.1, 0.15) is 29.8 Å². The van der Waals surface area contributed by atoms with Crippen LogP contribution >= 0.6 is 15.9 Å². The SMILES string of the molecule is O=C(NCCC(=O)N1CCCC1)c1cc2cccc(Br)c2o1. The van der Waals surface area contributed by atoms with Gasteiger partial charge in [0, 0.05) is 31.4 Å². The minimum absolute atomic E-state index is 0.102. The highest BCUT2D eigenvalue weighted by molar-refractivity contribution is 9.10. The Labute approximate surface area is 136 Å². The number of halogens is 1. The van der Waals surface area contributed by atoms with Gasteiger partial charge in [-0.05, 0) is 40.9 Å². The quantitative estimate of drug-likeness (QED) is 0.906. The lowest BCUT2D eigenvalue weighted by Crippen LogP contribution is -2.32. The molecule has 116 valence electrons. The molecule has 2 amide bonds. The summed E-state index contributed by atoms with van der Waals surface area (Å²) in [5.41, 5.74) is 0.654. The number of amides is 2. The lowest BCUT2D eigenvalue weighted by atomic mass is 10.2. The van der Waals surface area contributed by atoms with E-state index in [1.807, 2.05) is 23.1 Å². The number of fused-ring (bicyclic) bond motifs is 1. The molecule has 0 unspecified atom stereocenters. The molecule has 1 aliphatic rings. The number of nitrogens with one attached hydrogen (secondary N) is 1. The maximum Gasteiger partial charge on any atom is 0.287 e. The van der Waals surface area contributed by atoms with Gasteiger partial charge < -0.3 is 14.6 Å². The minimum Gasteiger partial charge on any atom is -0.450 e. The molecule has 0 bridgehead atoms. The molecule has 1 saturated heterocycles. The minimum atomic E-state index is -0.294. The zero-order chi connectivity index (χ0) is 15.5. The Morgan fingerprint density at radius 3 is 2.77 bits per heavy atom. The third-order valence-corrected chi connectivity index (χ3v) is 4.43. The van der Waals surface area contributed by atoms with Crippen LogP contribution in [0.4, 0.5) is 0 Å². The Kier molecular flexibility index (Phi) is 4.47. The van der Waals surface area contributed by atoms with Gasteiger partial charge in [0.15, 0.2) is 5.76 Å². The van der Waals surface area contributed by atoms with Crippen LogP contribution in [0.5, 0.6) is 0 Å². The van der Waals surface area contributed by atoms with E-state index in [1.54, 1.807) is 6.07 Å². The number of likely N-dealkylation sites (tertiary alicyclic amines) is 1. The molecule has 1 N–H and O–H groups in total. The Morgan fingerprint density at radius 2 is 2.05 bits per heavy atom. The molecule has 0 aliphatic carbocycles. The van der Waals surface area contributed by atoms with Crippen molar-refractivity contribution < 1.29 is 14.0 Å². The molecule has 1 fully saturated rings. The molecule has 1 aromatic carbocycles. The maximum atomic E-state index is 12.1. The summed E-state index contributed by atoms with van der Waals surface area (Å²) < 4.78 is 6.38. The van der Waals surface area contributed by atoms with Gasteiger partial charge in [-0.3, -0.25) is 9.59 Å². The van der Waals surface area contributed by atoms with Gasteiger partial charge in [-0.2, -0.15) is 0 Å². The van der Waals surface area contributed by atoms with Gasteiger partial charge >= 0.3 is 0 Å². The standard InChI is InChI=1S/C16H17BrN2O3/c17-12-5-3-4-11-10-13(22-15(11)12)16(21)18-7-6-14(20)19-8-1-2-9-19/h3-5,10H,1-2,6-9H2,(H,18,21). The second-order valence-electron chi connectivity index (χ2n) is 5.36. The van der Waals surface area contributed by atoms with Crippen LogP contribution in [-0.2, 0) is 4.79 Å². The largest absolute Gasteiger partial charge is 0.450 e. The summed E-state index contributed by atoms with van der Waals surface area (Å²) in [6.45, 7) is 2.00. The van der Waals surface area contributed by atoms with Crippen molar-refractivity contribution >= 4 is 38.7 Å². The number of hydrogen-bond donors (Lipinski definition) is 1. The first-order valence-corrected chi connectivity index (χ1v) is 8.18. The number of carbonyl (C=O) groups excluding carboxylic acids is 2.